The highest BCUT2D eigenvalue weighted by Crippen LogP contribution is 2.19. The van der Waals surface area contributed by atoms with Crippen molar-refractivity contribution in [1.82, 2.24) is 10.2 Å². The summed E-state index contributed by atoms with van der Waals surface area (Å²) in [5, 5.41) is 7.42. The fraction of sp³-hybridized carbons (Fsp3) is 0.214. The first kappa shape index (κ1) is 13.0. The van der Waals surface area contributed by atoms with Gasteiger partial charge in [0.1, 0.15) is 0 Å². The Bertz CT molecular complexity index is 539. The zero-order chi connectivity index (χ0) is 13.7. The predicted molar refractivity (Wildman–Crippen MR) is 74.9 cm³/mol. The third kappa shape index (κ3) is 3.07. The van der Waals surface area contributed by atoms with Crippen molar-refractivity contribution in [3.8, 4) is 0 Å². The molecule has 0 saturated heterocycles. The molecule has 2 N–H and O–H groups in total. The highest BCUT2D eigenvalue weighted by atomic mass is 16.2. The van der Waals surface area contributed by atoms with E-state index >= 15 is 0 Å². The lowest BCUT2D eigenvalue weighted by Gasteiger charge is -2.22. The maximum absolute atomic E-state index is 12.4. The topological polar surface area (TPSA) is 72.1 Å². The van der Waals surface area contributed by atoms with Crippen LogP contribution in [0.4, 0.5) is 11.4 Å². The Morgan fingerprint density at radius 2 is 1.95 bits per heavy atom. The maximum Gasteiger partial charge on any atom is 0.259 e. The molecule has 1 aromatic carbocycles. The third-order valence-corrected chi connectivity index (χ3v) is 2.73. The highest BCUT2D eigenvalue weighted by molar-refractivity contribution is 6.05. The van der Waals surface area contributed by atoms with E-state index in [9.17, 15) is 4.79 Å². The van der Waals surface area contributed by atoms with Gasteiger partial charge in [-0.15, -0.1) is 0 Å². The second-order valence-corrected chi connectivity index (χ2v) is 4.18. The molecular weight excluding hydrogens is 240 g/mol. The minimum absolute atomic E-state index is 0.0819. The Morgan fingerprint density at radius 3 is 2.53 bits per heavy atom. The first-order valence-electron chi connectivity index (χ1n) is 6.16. The van der Waals surface area contributed by atoms with Crippen LogP contribution >= 0.6 is 0 Å². The van der Waals surface area contributed by atoms with Gasteiger partial charge in [0.25, 0.3) is 5.91 Å². The number of nitrogen functional groups attached to an aromatic ring is 1. The summed E-state index contributed by atoms with van der Waals surface area (Å²) in [5.74, 6) is -0.0819. The highest BCUT2D eigenvalue weighted by Gasteiger charge is 2.16. The van der Waals surface area contributed by atoms with Crippen molar-refractivity contribution in [3.63, 3.8) is 0 Å². The van der Waals surface area contributed by atoms with Crippen molar-refractivity contribution in [2.24, 2.45) is 0 Å². The van der Waals surface area contributed by atoms with E-state index in [0.717, 1.165) is 12.1 Å². The number of anilines is 2. The molecule has 1 aromatic heterocycles. The van der Waals surface area contributed by atoms with Gasteiger partial charge < -0.3 is 10.6 Å². The summed E-state index contributed by atoms with van der Waals surface area (Å²) in [6, 6.07) is 8.93. The van der Waals surface area contributed by atoms with Crippen molar-refractivity contribution in [2.75, 3.05) is 17.2 Å². The molecule has 0 aliphatic heterocycles. The van der Waals surface area contributed by atoms with Gasteiger partial charge in [-0.25, -0.2) is 0 Å². The Kier molecular flexibility index (Phi) is 4.07. The van der Waals surface area contributed by atoms with E-state index in [0.29, 0.717) is 17.8 Å². The third-order valence-electron chi connectivity index (χ3n) is 2.73. The Labute approximate surface area is 112 Å². The van der Waals surface area contributed by atoms with Crippen LogP contribution in [0.3, 0.4) is 0 Å². The Hall–Kier alpha value is -2.43. The van der Waals surface area contributed by atoms with Crippen molar-refractivity contribution in [1.29, 1.82) is 0 Å². The van der Waals surface area contributed by atoms with Crippen LogP contribution in [-0.4, -0.2) is 22.6 Å². The molecule has 0 saturated carbocycles. The lowest BCUT2D eigenvalue weighted by atomic mass is 10.2. The van der Waals surface area contributed by atoms with Crippen LogP contribution in [0.2, 0.25) is 0 Å². The lowest BCUT2D eigenvalue weighted by molar-refractivity contribution is 0.0986. The van der Waals surface area contributed by atoms with E-state index in [4.69, 9.17) is 5.73 Å². The summed E-state index contributed by atoms with van der Waals surface area (Å²) in [5.41, 5.74) is 7.70. The van der Waals surface area contributed by atoms with Crippen molar-refractivity contribution in [2.45, 2.75) is 13.3 Å². The number of hydrogen-bond donors (Lipinski definition) is 1. The fourth-order valence-electron chi connectivity index (χ4n) is 1.80. The summed E-state index contributed by atoms with van der Waals surface area (Å²) >= 11 is 0. The van der Waals surface area contributed by atoms with Gasteiger partial charge in [-0.1, -0.05) is 6.92 Å². The minimum atomic E-state index is -0.0819. The van der Waals surface area contributed by atoms with E-state index in [1.807, 2.05) is 19.1 Å². The predicted octanol–water partition coefficient (Wildman–Crippen LogP) is 2.12. The summed E-state index contributed by atoms with van der Waals surface area (Å²) < 4.78 is 0. The van der Waals surface area contributed by atoms with E-state index in [1.54, 1.807) is 23.1 Å². The van der Waals surface area contributed by atoms with Crippen LogP contribution in [0.25, 0.3) is 0 Å². The molecule has 0 aliphatic rings. The van der Waals surface area contributed by atoms with Gasteiger partial charge in [-0.05, 0) is 36.8 Å². The molecule has 98 valence electrons. The molecule has 0 fully saturated rings. The number of aromatic nitrogens is 2. The molecule has 5 nitrogen and oxygen atoms in total. The quantitative estimate of drug-likeness (QED) is 0.850. The average Bonchev–Trinajstić information content (AvgIpc) is 2.46. The van der Waals surface area contributed by atoms with Crippen molar-refractivity contribution in [3.05, 3.63) is 48.3 Å². The first-order chi connectivity index (χ1) is 9.22. The number of rotatable bonds is 4. The minimum Gasteiger partial charge on any atom is -0.399 e. The van der Waals surface area contributed by atoms with Gasteiger partial charge in [0, 0.05) is 17.9 Å². The molecule has 0 atom stereocenters. The molecule has 2 rings (SSSR count). The fourth-order valence-corrected chi connectivity index (χ4v) is 1.80. The number of benzene rings is 1. The molecule has 0 bridgehead atoms. The SMILES string of the molecule is CCCN(C(=O)c1ccnnc1)c1ccc(N)cc1. The molecule has 2 aromatic rings. The second-order valence-electron chi connectivity index (χ2n) is 4.18. The summed E-state index contributed by atoms with van der Waals surface area (Å²) in [4.78, 5) is 14.2. The average molecular weight is 256 g/mol. The Balaban J connectivity index is 2.30. The normalized spacial score (nSPS) is 10.2. The molecule has 0 radical (unpaired) electrons. The molecule has 0 aliphatic carbocycles. The van der Waals surface area contributed by atoms with Gasteiger partial charge in [0.05, 0.1) is 18.0 Å². The largest absolute Gasteiger partial charge is 0.399 e. The summed E-state index contributed by atoms with van der Waals surface area (Å²) in [7, 11) is 0. The van der Waals surface area contributed by atoms with Gasteiger partial charge in [0.2, 0.25) is 0 Å². The van der Waals surface area contributed by atoms with E-state index in [1.165, 1.54) is 12.4 Å². The molecule has 5 heteroatoms. The zero-order valence-corrected chi connectivity index (χ0v) is 10.8. The standard InChI is InChI=1S/C14H16N4O/c1-2-9-18(13-5-3-12(15)4-6-13)14(19)11-7-8-16-17-10-11/h3-8,10H,2,9,15H2,1H3. The van der Waals surface area contributed by atoms with E-state index in [-0.39, 0.29) is 5.91 Å². The molecule has 1 heterocycles. The molecule has 1 amide bonds. The van der Waals surface area contributed by atoms with Crippen LogP contribution in [0.15, 0.2) is 42.7 Å². The molecule has 0 unspecified atom stereocenters. The van der Waals surface area contributed by atoms with Crippen molar-refractivity contribution >= 4 is 17.3 Å². The van der Waals surface area contributed by atoms with E-state index < -0.39 is 0 Å². The monoisotopic (exact) mass is 256 g/mol. The summed E-state index contributed by atoms with van der Waals surface area (Å²) in [6.07, 6.45) is 3.86. The van der Waals surface area contributed by atoms with Crippen molar-refractivity contribution < 1.29 is 4.79 Å². The van der Waals surface area contributed by atoms with Crippen LogP contribution < -0.4 is 10.6 Å². The Morgan fingerprint density at radius 1 is 1.21 bits per heavy atom. The van der Waals surface area contributed by atoms with Gasteiger partial charge in [0.15, 0.2) is 0 Å². The number of amides is 1. The molecular formula is C14H16N4O. The number of carbonyl (C=O) groups is 1. The van der Waals surface area contributed by atoms with Gasteiger partial charge >= 0.3 is 0 Å². The number of nitrogens with two attached hydrogens (primary N) is 1. The van der Waals surface area contributed by atoms with Crippen LogP contribution in [0.5, 0.6) is 0 Å². The van der Waals surface area contributed by atoms with Gasteiger partial charge in [-0.3, -0.25) is 4.79 Å². The van der Waals surface area contributed by atoms with Crippen LogP contribution in [-0.2, 0) is 0 Å². The van der Waals surface area contributed by atoms with Gasteiger partial charge in [-0.2, -0.15) is 10.2 Å². The van der Waals surface area contributed by atoms with Crippen LogP contribution in [0, 0.1) is 0 Å². The van der Waals surface area contributed by atoms with E-state index in [2.05, 4.69) is 10.2 Å². The number of nitrogens with zero attached hydrogens (tertiary/aromatic N) is 3. The lowest BCUT2D eigenvalue weighted by Crippen LogP contribution is -2.31. The number of hydrogen-bond acceptors (Lipinski definition) is 4. The molecule has 19 heavy (non-hydrogen) atoms. The summed E-state index contributed by atoms with van der Waals surface area (Å²) in [6.45, 7) is 2.67. The van der Waals surface area contributed by atoms with Crippen LogP contribution in [0.1, 0.15) is 23.7 Å². The second kappa shape index (κ2) is 5.95. The number of carbonyl (C=O) groups excluding carboxylic acids is 1. The first-order valence-corrected chi connectivity index (χ1v) is 6.16. The smallest absolute Gasteiger partial charge is 0.259 e. The maximum atomic E-state index is 12.4. The zero-order valence-electron chi connectivity index (χ0n) is 10.8. The molecule has 0 spiro atoms.